The summed E-state index contributed by atoms with van der Waals surface area (Å²) in [7, 11) is 0. The highest BCUT2D eigenvalue weighted by atomic mass is 32.2. The molecule has 0 aliphatic carbocycles. The number of anilines is 1. The average Bonchev–Trinajstić information content (AvgIpc) is 2.38. The molecule has 1 aromatic rings. The third-order valence-electron chi connectivity index (χ3n) is 3.01. The van der Waals surface area contributed by atoms with E-state index in [-0.39, 0.29) is 0 Å². The van der Waals surface area contributed by atoms with Gasteiger partial charge in [-0.15, -0.1) is 11.8 Å². The number of nitrogens with two attached hydrogens (primary N) is 1. The maximum Gasteiger partial charge on any atom is 0.0796 e. The number of para-hydroxylation sites is 1. The molecular formula is C13H20N2OS. The van der Waals surface area contributed by atoms with Crippen molar-refractivity contribution in [1.82, 2.24) is 4.90 Å². The minimum absolute atomic E-state index is 0.327. The lowest BCUT2D eigenvalue weighted by molar-refractivity contribution is -0.0137. The van der Waals surface area contributed by atoms with Crippen LogP contribution in [0.3, 0.4) is 0 Å². The number of hydrogen-bond acceptors (Lipinski definition) is 4. The molecule has 94 valence electrons. The van der Waals surface area contributed by atoms with Gasteiger partial charge in [0.25, 0.3) is 0 Å². The second kappa shape index (κ2) is 6.28. The van der Waals surface area contributed by atoms with Gasteiger partial charge in [-0.25, -0.2) is 0 Å². The first kappa shape index (κ1) is 12.7. The molecule has 1 saturated heterocycles. The number of hydrogen-bond donors (Lipinski definition) is 1. The van der Waals surface area contributed by atoms with Gasteiger partial charge < -0.3 is 10.5 Å². The van der Waals surface area contributed by atoms with Crippen LogP contribution in [0.5, 0.6) is 0 Å². The Morgan fingerprint density at radius 3 is 3.06 bits per heavy atom. The zero-order valence-electron chi connectivity index (χ0n) is 10.3. The van der Waals surface area contributed by atoms with Crippen LogP contribution in [0.1, 0.15) is 6.92 Å². The topological polar surface area (TPSA) is 38.5 Å². The van der Waals surface area contributed by atoms with Gasteiger partial charge in [-0.05, 0) is 18.7 Å². The summed E-state index contributed by atoms with van der Waals surface area (Å²) < 4.78 is 5.77. The number of likely N-dealkylation sites (N-methyl/N-ethyl adjacent to an activating group) is 1. The van der Waals surface area contributed by atoms with Gasteiger partial charge >= 0.3 is 0 Å². The molecule has 2 rings (SSSR count). The Kier molecular flexibility index (Phi) is 4.71. The SMILES string of the molecule is CCN1CCOC(CSc2ccccc2N)C1. The summed E-state index contributed by atoms with van der Waals surface area (Å²) in [5.41, 5.74) is 6.78. The summed E-state index contributed by atoms with van der Waals surface area (Å²) in [5, 5.41) is 0. The molecule has 4 heteroatoms. The number of rotatable bonds is 4. The van der Waals surface area contributed by atoms with E-state index in [1.54, 1.807) is 11.8 Å². The normalized spacial score (nSPS) is 21.6. The van der Waals surface area contributed by atoms with Crippen molar-refractivity contribution in [3.05, 3.63) is 24.3 Å². The Morgan fingerprint density at radius 2 is 2.29 bits per heavy atom. The minimum atomic E-state index is 0.327. The Labute approximate surface area is 107 Å². The smallest absolute Gasteiger partial charge is 0.0796 e. The molecule has 0 spiro atoms. The number of thioether (sulfide) groups is 1. The van der Waals surface area contributed by atoms with Gasteiger partial charge in [0.15, 0.2) is 0 Å². The van der Waals surface area contributed by atoms with E-state index >= 15 is 0 Å². The largest absolute Gasteiger partial charge is 0.398 e. The summed E-state index contributed by atoms with van der Waals surface area (Å²) in [6.07, 6.45) is 0.327. The van der Waals surface area contributed by atoms with E-state index in [9.17, 15) is 0 Å². The van der Waals surface area contributed by atoms with Crippen molar-refractivity contribution in [2.75, 3.05) is 37.7 Å². The highest BCUT2D eigenvalue weighted by Gasteiger charge is 2.19. The first-order chi connectivity index (χ1) is 8.29. The monoisotopic (exact) mass is 252 g/mol. The summed E-state index contributed by atoms with van der Waals surface area (Å²) in [4.78, 5) is 3.59. The van der Waals surface area contributed by atoms with E-state index in [0.29, 0.717) is 6.10 Å². The zero-order chi connectivity index (χ0) is 12.1. The van der Waals surface area contributed by atoms with Crippen LogP contribution in [0.15, 0.2) is 29.2 Å². The van der Waals surface area contributed by atoms with Crippen LogP contribution >= 0.6 is 11.8 Å². The molecule has 1 heterocycles. The van der Waals surface area contributed by atoms with Crippen molar-refractivity contribution in [2.45, 2.75) is 17.9 Å². The van der Waals surface area contributed by atoms with Crippen molar-refractivity contribution in [3.8, 4) is 0 Å². The molecule has 2 N–H and O–H groups in total. The van der Waals surface area contributed by atoms with Crippen LogP contribution in [-0.4, -0.2) is 43.0 Å². The highest BCUT2D eigenvalue weighted by molar-refractivity contribution is 7.99. The number of ether oxygens (including phenoxy) is 1. The predicted octanol–water partition coefficient (Wildman–Crippen LogP) is 2.08. The average molecular weight is 252 g/mol. The second-order valence-corrected chi connectivity index (χ2v) is 5.30. The lowest BCUT2D eigenvalue weighted by Gasteiger charge is -2.31. The lowest BCUT2D eigenvalue weighted by Crippen LogP contribution is -2.43. The lowest BCUT2D eigenvalue weighted by atomic mass is 10.3. The van der Waals surface area contributed by atoms with Gasteiger partial charge in [0.05, 0.1) is 12.7 Å². The first-order valence-electron chi connectivity index (χ1n) is 6.11. The Hall–Kier alpha value is -0.710. The Morgan fingerprint density at radius 1 is 1.47 bits per heavy atom. The summed E-state index contributed by atoms with van der Waals surface area (Å²) >= 11 is 1.79. The zero-order valence-corrected chi connectivity index (χ0v) is 11.1. The first-order valence-corrected chi connectivity index (χ1v) is 7.09. The fourth-order valence-electron chi connectivity index (χ4n) is 1.96. The molecule has 0 radical (unpaired) electrons. The van der Waals surface area contributed by atoms with Crippen molar-refractivity contribution >= 4 is 17.4 Å². The molecule has 1 atom stereocenters. The van der Waals surface area contributed by atoms with Crippen LogP contribution in [-0.2, 0) is 4.74 Å². The van der Waals surface area contributed by atoms with Crippen molar-refractivity contribution in [1.29, 1.82) is 0 Å². The number of morpholine rings is 1. The maximum atomic E-state index is 5.92. The van der Waals surface area contributed by atoms with Crippen LogP contribution in [0.25, 0.3) is 0 Å². The molecule has 0 saturated carbocycles. The van der Waals surface area contributed by atoms with Crippen molar-refractivity contribution in [2.24, 2.45) is 0 Å². The Bertz CT molecular complexity index is 359. The summed E-state index contributed by atoms with van der Waals surface area (Å²) in [6, 6.07) is 8.01. The van der Waals surface area contributed by atoms with Gasteiger partial charge in [-0.3, -0.25) is 4.90 Å². The number of benzene rings is 1. The van der Waals surface area contributed by atoms with E-state index in [0.717, 1.165) is 42.6 Å². The van der Waals surface area contributed by atoms with Crippen molar-refractivity contribution < 1.29 is 4.74 Å². The third kappa shape index (κ3) is 3.63. The Balaban J connectivity index is 1.84. The van der Waals surface area contributed by atoms with E-state index in [4.69, 9.17) is 10.5 Å². The highest BCUT2D eigenvalue weighted by Crippen LogP contribution is 2.26. The van der Waals surface area contributed by atoms with E-state index in [1.165, 1.54) is 0 Å². The third-order valence-corrected chi connectivity index (χ3v) is 4.24. The van der Waals surface area contributed by atoms with E-state index in [1.807, 2.05) is 18.2 Å². The molecule has 17 heavy (non-hydrogen) atoms. The van der Waals surface area contributed by atoms with Crippen LogP contribution < -0.4 is 5.73 Å². The molecule has 0 bridgehead atoms. The molecule has 3 nitrogen and oxygen atoms in total. The summed E-state index contributed by atoms with van der Waals surface area (Å²) in [6.45, 7) is 6.26. The van der Waals surface area contributed by atoms with Gasteiger partial charge in [-0.1, -0.05) is 19.1 Å². The number of nitrogens with zero attached hydrogens (tertiary/aromatic N) is 1. The van der Waals surface area contributed by atoms with Crippen LogP contribution in [0, 0.1) is 0 Å². The van der Waals surface area contributed by atoms with Gasteiger partial charge in [0.2, 0.25) is 0 Å². The van der Waals surface area contributed by atoms with Gasteiger partial charge in [-0.2, -0.15) is 0 Å². The molecular weight excluding hydrogens is 232 g/mol. The van der Waals surface area contributed by atoms with E-state index in [2.05, 4.69) is 17.9 Å². The van der Waals surface area contributed by atoms with E-state index < -0.39 is 0 Å². The maximum absolute atomic E-state index is 5.92. The second-order valence-electron chi connectivity index (χ2n) is 4.23. The van der Waals surface area contributed by atoms with Crippen LogP contribution in [0.4, 0.5) is 5.69 Å². The molecule has 1 aliphatic rings. The molecule has 1 unspecified atom stereocenters. The standard InChI is InChI=1S/C13H20N2OS/c1-2-15-7-8-16-11(9-15)10-17-13-6-4-3-5-12(13)14/h3-6,11H,2,7-10,14H2,1H3. The predicted molar refractivity (Wildman–Crippen MR) is 73.4 cm³/mol. The summed E-state index contributed by atoms with van der Waals surface area (Å²) in [5.74, 6) is 0.977. The molecule has 1 aromatic carbocycles. The minimum Gasteiger partial charge on any atom is -0.398 e. The molecule has 1 fully saturated rings. The van der Waals surface area contributed by atoms with Crippen molar-refractivity contribution in [3.63, 3.8) is 0 Å². The quantitative estimate of drug-likeness (QED) is 0.658. The molecule has 0 amide bonds. The van der Waals surface area contributed by atoms with Gasteiger partial charge in [0.1, 0.15) is 0 Å². The van der Waals surface area contributed by atoms with Gasteiger partial charge in [0, 0.05) is 29.4 Å². The fraction of sp³-hybridized carbons (Fsp3) is 0.538. The fourth-order valence-corrected chi connectivity index (χ4v) is 2.94. The molecule has 1 aliphatic heterocycles. The van der Waals surface area contributed by atoms with Crippen LogP contribution in [0.2, 0.25) is 0 Å². The molecule has 0 aromatic heterocycles. The number of nitrogen functional groups attached to an aromatic ring is 1.